The minimum atomic E-state index is -4.73. The Kier molecular flexibility index (Phi) is 34.8. The third-order valence-corrected chi connectivity index (χ3v) is 8.89. The third-order valence-electron chi connectivity index (χ3n) is 7.94. The number of allylic oxidation sites excluding steroid dienone is 12. The maximum atomic E-state index is 12.6. The van der Waals surface area contributed by atoms with Gasteiger partial charge in [-0.25, -0.2) is 4.57 Å². The minimum Gasteiger partial charge on any atom is -0.480 e. The molecule has 12 heteroatoms. The van der Waals surface area contributed by atoms with Crippen molar-refractivity contribution in [2.45, 2.75) is 154 Å². The quantitative estimate of drug-likeness (QED) is 0.0239. The maximum absolute atomic E-state index is 12.6. The summed E-state index contributed by atoms with van der Waals surface area (Å²) < 4.78 is 32.5. The van der Waals surface area contributed by atoms with E-state index in [1.807, 2.05) is 0 Å². The van der Waals surface area contributed by atoms with Gasteiger partial charge in [0.15, 0.2) is 6.10 Å². The summed E-state index contributed by atoms with van der Waals surface area (Å²) >= 11 is 0. The number of carboxylic acids is 1. The van der Waals surface area contributed by atoms with E-state index in [0.717, 1.165) is 83.5 Å². The van der Waals surface area contributed by atoms with Crippen LogP contribution < -0.4 is 5.73 Å². The molecule has 1 unspecified atom stereocenters. The van der Waals surface area contributed by atoms with Gasteiger partial charge in [-0.2, -0.15) is 0 Å². The number of nitrogens with two attached hydrogens (primary N) is 1. The highest BCUT2D eigenvalue weighted by atomic mass is 31.2. The zero-order chi connectivity index (χ0) is 40.0. The fourth-order valence-corrected chi connectivity index (χ4v) is 5.57. The minimum absolute atomic E-state index is 0.104. The topological polar surface area (TPSA) is 172 Å². The molecule has 0 saturated heterocycles. The van der Waals surface area contributed by atoms with E-state index in [2.05, 4.69) is 91.3 Å². The highest BCUT2D eigenvalue weighted by Crippen LogP contribution is 2.43. The molecule has 0 aliphatic carbocycles. The van der Waals surface area contributed by atoms with Crippen LogP contribution in [0.2, 0.25) is 0 Å². The molecule has 0 rings (SSSR count). The summed E-state index contributed by atoms with van der Waals surface area (Å²) in [5, 5.41) is 8.87. The molecule has 0 amide bonds. The Morgan fingerprint density at radius 3 is 1.59 bits per heavy atom. The number of hydrogen-bond acceptors (Lipinski definition) is 9. The van der Waals surface area contributed by atoms with Crippen LogP contribution in [0.5, 0.6) is 0 Å². The van der Waals surface area contributed by atoms with Gasteiger partial charge in [-0.3, -0.25) is 23.4 Å². The summed E-state index contributed by atoms with van der Waals surface area (Å²) in [6, 6.07) is -1.53. The zero-order valence-electron chi connectivity index (χ0n) is 33.0. The van der Waals surface area contributed by atoms with Gasteiger partial charge in [0.25, 0.3) is 0 Å². The first-order valence-electron chi connectivity index (χ1n) is 20.0. The molecule has 0 fully saturated rings. The van der Waals surface area contributed by atoms with Crippen LogP contribution >= 0.6 is 7.82 Å². The lowest BCUT2D eigenvalue weighted by molar-refractivity contribution is -0.161. The number of phosphoric ester groups is 1. The molecule has 0 spiro atoms. The molecule has 0 aromatic rings. The van der Waals surface area contributed by atoms with E-state index in [9.17, 15) is 23.8 Å². The average molecular weight is 780 g/mol. The lowest BCUT2D eigenvalue weighted by atomic mass is 10.1. The second kappa shape index (κ2) is 36.9. The summed E-state index contributed by atoms with van der Waals surface area (Å²) in [5.74, 6) is -2.46. The number of carbonyl (C=O) groups excluding carboxylic acids is 2. The summed E-state index contributed by atoms with van der Waals surface area (Å²) in [4.78, 5) is 45.8. The summed E-state index contributed by atoms with van der Waals surface area (Å²) in [6.45, 7) is 2.58. The highest BCUT2D eigenvalue weighted by molar-refractivity contribution is 7.47. The molecule has 0 aromatic heterocycles. The lowest BCUT2D eigenvalue weighted by Gasteiger charge is -2.20. The number of ether oxygens (including phenoxy) is 2. The number of rotatable bonds is 36. The summed E-state index contributed by atoms with van der Waals surface area (Å²) in [5.41, 5.74) is 5.32. The number of carboxylic acid groups (broad SMARTS) is 1. The van der Waals surface area contributed by atoms with Crippen molar-refractivity contribution in [1.29, 1.82) is 0 Å². The number of carbonyl (C=O) groups is 3. The van der Waals surface area contributed by atoms with Gasteiger partial charge in [0.05, 0.1) is 13.2 Å². The first-order valence-corrected chi connectivity index (χ1v) is 21.5. The van der Waals surface area contributed by atoms with Gasteiger partial charge in [-0.15, -0.1) is 0 Å². The van der Waals surface area contributed by atoms with Crippen molar-refractivity contribution in [3.05, 3.63) is 72.9 Å². The average Bonchev–Trinajstić information content (AvgIpc) is 3.14. The molecule has 0 aliphatic heterocycles. The van der Waals surface area contributed by atoms with E-state index in [4.69, 9.17) is 24.8 Å². The predicted molar refractivity (Wildman–Crippen MR) is 217 cm³/mol. The molecule has 4 N–H and O–H groups in total. The van der Waals surface area contributed by atoms with Gasteiger partial charge >= 0.3 is 25.7 Å². The standard InChI is InChI=1S/C42H70NO10P/c1-3-5-7-9-11-13-15-17-19-21-23-25-27-29-31-33-40(44)50-35-38(36-51-54(48,49)52-37-39(43)42(46)47)53-41(45)34-32-30-28-26-24-22-20-18-16-14-12-10-8-6-4-2/h5,7,11-14,17-20,24,26,38-39H,3-4,6,8-10,15-16,21-23,25,27-37,43H2,1-2H3,(H,46,47)(H,48,49)/b7-5-,13-11-,14-12-,19-17-,20-18-,26-24-/t38-,39+/m1/s1. The van der Waals surface area contributed by atoms with Crippen LogP contribution in [0.1, 0.15) is 142 Å². The summed E-state index contributed by atoms with van der Waals surface area (Å²) in [7, 11) is -4.73. The zero-order valence-corrected chi connectivity index (χ0v) is 33.9. The Bertz CT molecular complexity index is 1190. The smallest absolute Gasteiger partial charge is 0.472 e. The Balaban J connectivity index is 4.53. The number of esters is 2. The van der Waals surface area contributed by atoms with Gasteiger partial charge in [0.2, 0.25) is 0 Å². The van der Waals surface area contributed by atoms with Crippen molar-refractivity contribution in [2.75, 3.05) is 19.8 Å². The number of unbranched alkanes of at least 4 members (excludes halogenated alkanes) is 10. The van der Waals surface area contributed by atoms with E-state index in [-0.39, 0.29) is 19.4 Å². The Morgan fingerprint density at radius 1 is 0.593 bits per heavy atom. The molecular formula is C42H70NO10P. The van der Waals surface area contributed by atoms with Crippen molar-refractivity contribution in [3.63, 3.8) is 0 Å². The molecular weight excluding hydrogens is 709 g/mol. The predicted octanol–water partition coefficient (Wildman–Crippen LogP) is 10.2. The van der Waals surface area contributed by atoms with Crippen molar-refractivity contribution in [3.8, 4) is 0 Å². The molecule has 0 aliphatic rings. The molecule has 0 bridgehead atoms. The summed E-state index contributed by atoms with van der Waals surface area (Å²) in [6.07, 6.45) is 42.6. The number of aliphatic carboxylic acids is 1. The van der Waals surface area contributed by atoms with Gasteiger partial charge in [-0.05, 0) is 83.5 Å². The van der Waals surface area contributed by atoms with E-state index in [1.165, 1.54) is 19.3 Å². The first kappa shape index (κ1) is 50.9. The van der Waals surface area contributed by atoms with Crippen LogP contribution in [0.25, 0.3) is 0 Å². The van der Waals surface area contributed by atoms with Crippen LogP contribution in [0.4, 0.5) is 0 Å². The third kappa shape index (κ3) is 35.9. The first-order chi connectivity index (χ1) is 26.1. The molecule has 308 valence electrons. The van der Waals surface area contributed by atoms with E-state index >= 15 is 0 Å². The Labute approximate surface area is 325 Å². The van der Waals surface area contributed by atoms with Gasteiger partial charge in [0, 0.05) is 12.8 Å². The van der Waals surface area contributed by atoms with Crippen LogP contribution in [-0.2, 0) is 37.5 Å². The number of hydrogen-bond donors (Lipinski definition) is 3. The van der Waals surface area contributed by atoms with Crippen LogP contribution in [0.15, 0.2) is 72.9 Å². The van der Waals surface area contributed by atoms with Crippen LogP contribution in [0, 0.1) is 0 Å². The molecule has 0 heterocycles. The van der Waals surface area contributed by atoms with Crippen molar-refractivity contribution in [2.24, 2.45) is 5.73 Å². The normalized spacial score (nSPS) is 14.6. The largest absolute Gasteiger partial charge is 0.480 e. The van der Waals surface area contributed by atoms with Crippen LogP contribution in [-0.4, -0.2) is 59.9 Å². The fraction of sp³-hybridized carbons (Fsp3) is 0.643. The molecule has 11 nitrogen and oxygen atoms in total. The van der Waals surface area contributed by atoms with E-state index in [0.29, 0.717) is 12.8 Å². The number of phosphoric acid groups is 1. The molecule has 3 atom stereocenters. The molecule has 0 saturated carbocycles. The van der Waals surface area contributed by atoms with E-state index < -0.39 is 51.1 Å². The second-order valence-corrected chi connectivity index (χ2v) is 14.5. The SMILES string of the molecule is CC/C=C\C/C=C\C/C=C\CCCCCCCC(=O)OC[C@H](COP(=O)(O)OC[C@H](N)C(=O)O)OC(=O)CCCC/C=C\C/C=C\C/C=C\CCCCC. The molecule has 0 radical (unpaired) electrons. The van der Waals surface area contributed by atoms with Crippen molar-refractivity contribution >= 4 is 25.7 Å². The highest BCUT2D eigenvalue weighted by Gasteiger charge is 2.28. The van der Waals surface area contributed by atoms with Crippen molar-refractivity contribution in [1.82, 2.24) is 0 Å². The van der Waals surface area contributed by atoms with Gasteiger partial charge < -0.3 is 25.2 Å². The van der Waals surface area contributed by atoms with E-state index in [1.54, 1.807) is 0 Å². The van der Waals surface area contributed by atoms with Gasteiger partial charge in [0.1, 0.15) is 12.6 Å². The Hall–Kier alpha value is -3.08. The second-order valence-electron chi connectivity index (χ2n) is 13.0. The Morgan fingerprint density at radius 2 is 1.04 bits per heavy atom. The van der Waals surface area contributed by atoms with Gasteiger partial charge in [-0.1, -0.05) is 119 Å². The lowest BCUT2D eigenvalue weighted by Crippen LogP contribution is -2.34. The maximum Gasteiger partial charge on any atom is 0.472 e. The molecule has 54 heavy (non-hydrogen) atoms. The van der Waals surface area contributed by atoms with Crippen LogP contribution in [0.3, 0.4) is 0 Å². The van der Waals surface area contributed by atoms with Crippen molar-refractivity contribution < 1.29 is 47.5 Å². The molecule has 0 aromatic carbocycles. The fourth-order valence-electron chi connectivity index (χ4n) is 4.79. The monoisotopic (exact) mass is 779 g/mol.